The van der Waals surface area contributed by atoms with Gasteiger partial charge in [0.1, 0.15) is 5.82 Å². The minimum atomic E-state index is -4.38. The summed E-state index contributed by atoms with van der Waals surface area (Å²) >= 11 is 0. The van der Waals surface area contributed by atoms with Crippen molar-refractivity contribution in [3.63, 3.8) is 0 Å². The minimum absolute atomic E-state index is 0.198. The van der Waals surface area contributed by atoms with E-state index in [4.69, 9.17) is 10.5 Å². The van der Waals surface area contributed by atoms with Crippen molar-refractivity contribution in [2.24, 2.45) is 0 Å². The smallest absolute Gasteiger partial charge is 0.384 e. The SMILES string of the molecule is Nc1cc(C(=O)N2CCOC(Cc3cccc(C(F)(F)F)c3)C2)ccn1. The Kier molecular flexibility index (Phi) is 5.13. The van der Waals surface area contributed by atoms with Crippen LogP contribution in [-0.4, -0.2) is 41.6 Å². The molecule has 1 aromatic carbocycles. The van der Waals surface area contributed by atoms with Crippen LogP contribution in [0.4, 0.5) is 19.0 Å². The lowest BCUT2D eigenvalue weighted by molar-refractivity contribution is -0.137. The van der Waals surface area contributed by atoms with Crippen LogP contribution < -0.4 is 5.73 Å². The Bertz CT molecular complexity index is 795. The van der Waals surface area contributed by atoms with Crippen LogP contribution in [0.1, 0.15) is 21.5 Å². The second-order valence-corrected chi connectivity index (χ2v) is 6.12. The predicted octanol–water partition coefficient (Wildman–Crippen LogP) is 2.77. The van der Waals surface area contributed by atoms with Gasteiger partial charge in [0.2, 0.25) is 0 Å². The molecule has 1 amide bonds. The minimum Gasteiger partial charge on any atom is -0.384 e. The van der Waals surface area contributed by atoms with Gasteiger partial charge in [0.05, 0.1) is 18.3 Å². The fourth-order valence-corrected chi connectivity index (χ4v) is 2.93. The number of pyridine rings is 1. The Labute approximate surface area is 148 Å². The largest absolute Gasteiger partial charge is 0.416 e. The third kappa shape index (κ3) is 4.32. The van der Waals surface area contributed by atoms with Crippen molar-refractivity contribution in [2.45, 2.75) is 18.7 Å². The molecular formula is C18H18F3N3O2. The Morgan fingerprint density at radius 2 is 2.12 bits per heavy atom. The van der Waals surface area contributed by atoms with Gasteiger partial charge in [-0.15, -0.1) is 0 Å². The van der Waals surface area contributed by atoms with Gasteiger partial charge in [-0.3, -0.25) is 4.79 Å². The summed E-state index contributed by atoms with van der Waals surface area (Å²) in [6.07, 6.45) is -2.99. The first-order valence-electron chi connectivity index (χ1n) is 8.11. The molecule has 8 heteroatoms. The van der Waals surface area contributed by atoms with E-state index in [0.717, 1.165) is 12.1 Å². The molecule has 0 radical (unpaired) electrons. The first-order chi connectivity index (χ1) is 12.3. The zero-order chi connectivity index (χ0) is 18.7. The molecule has 1 fully saturated rings. The molecule has 0 bridgehead atoms. The molecule has 3 rings (SSSR count). The zero-order valence-corrected chi connectivity index (χ0v) is 13.9. The van der Waals surface area contributed by atoms with Crippen LogP contribution in [0.15, 0.2) is 42.6 Å². The Hall–Kier alpha value is -2.61. The molecule has 0 aliphatic carbocycles. The van der Waals surface area contributed by atoms with E-state index in [2.05, 4.69) is 4.98 Å². The number of carbonyl (C=O) groups is 1. The maximum Gasteiger partial charge on any atom is 0.416 e. The van der Waals surface area contributed by atoms with Gasteiger partial charge in [-0.05, 0) is 23.8 Å². The number of aromatic nitrogens is 1. The third-order valence-electron chi connectivity index (χ3n) is 4.17. The fourth-order valence-electron chi connectivity index (χ4n) is 2.93. The number of amides is 1. The van der Waals surface area contributed by atoms with Crippen molar-refractivity contribution in [1.82, 2.24) is 9.88 Å². The number of alkyl halides is 3. The van der Waals surface area contributed by atoms with E-state index < -0.39 is 11.7 Å². The number of benzene rings is 1. The van der Waals surface area contributed by atoms with E-state index in [1.807, 2.05) is 0 Å². The summed E-state index contributed by atoms with van der Waals surface area (Å²) in [5.41, 5.74) is 5.87. The highest BCUT2D eigenvalue weighted by atomic mass is 19.4. The number of anilines is 1. The topological polar surface area (TPSA) is 68.5 Å². The number of morpholine rings is 1. The maximum atomic E-state index is 12.8. The van der Waals surface area contributed by atoms with E-state index in [1.54, 1.807) is 17.0 Å². The van der Waals surface area contributed by atoms with Crippen molar-refractivity contribution < 1.29 is 22.7 Å². The van der Waals surface area contributed by atoms with Crippen LogP contribution in [0, 0.1) is 0 Å². The quantitative estimate of drug-likeness (QED) is 0.908. The van der Waals surface area contributed by atoms with Gasteiger partial charge in [0.15, 0.2) is 0 Å². The van der Waals surface area contributed by atoms with Gasteiger partial charge in [-0.25, -0.2) is 4.98 Å². The zero-order valence-electron chi connectivity index (χ0n) is 13.9. The molecule has 1 atom stereocenters. The number of carbonyl (C=O) groups excluding carboxylic acids is 1. The molecule has 0 saturated carbocycles. The Morgan fingerprint density at radius 1 is 1.31 bits per heavy atom. The van der Waals surface area contributed by atoms with Crippen molar-refractivity contribution in [2.75, 3.05) is 25.4 Å². The lowest BCUT2D eigenvalue weighted by atomic mass is 10.0. The van der Waals surface area contributed by atoms with Crippen molar-refractivity contribution in [3.8, 4) is 0 Å². The van der Waals surface area contributed by atoms with Gasteiger partial charge in [-0.2, -0.15) is 13.2 Å². The number of nitrogen functional groups attached to an aromatic ring is 1. The van der Waals surface area contributed by atoms with Crippen LogP contribution in [0.25, 0.3) is 0 Å². The van der Waals surface area contributed by atoms with Gasteiger partial charge in [0.25, 0.3) is 5.91 Å². The van der Waals surface area contributed by atoms with E-state index >= 15 is 0 Å². The number of rotatable bonds is 3. The van der Waals surface area contributed by atoms with E-state index in [9.17, 15) is 18.0 Å². The summed E-state index contributed by atoms with van der Waals surface area (Å²) in [5.74, 6) is 0.0565. The maximum absolute atomic E-state index is 12.8. The lowest BCUT2D eigenvalue weighted by Gasteiger charge is -2.33. The standard InChI is InChI=1S/C18H18F3N3O2/c19-18(20,21)14-3-1-2-12(8-14)9-15-11-24(6-7-26-15)17(25)13-4-5-23-16(22)10-13/h1-5,8,10,15H,6-7,9,11H2,(H2,22,23). The lowest BCUT2D eigenvalue weighted by Crippen LogP contribution is -2.46. The number of halogens is 3. The van der Waals surface area contributed by atoms with E-state index in [0.29, 0.717) is 37.2 Å². The molecule has 1 aliphatic heterocycles. The van der Waals surface area contributed by atoms with Gasteiger partial charge < -0.3 is 15.4 Å². The van der Waals surface area contributed by atoms with Crippen LogP contribution in [0.5, 0.6) is 0 Å². The highest BCUT2D eigenvalue weighted by molar-refractivity contribution is 5.94. The average Bonchev–Trinajstić information content (AvgIpc) is 2.61. The highest BCUT2D eigenvalue weighted by Crippen LogP contribution is 2.30. The molecule has 1 aliphatic rings. The van der Waals surface area contributed by atoms with Crippen molar-refractivity contribution >= 4 is 11.7 Å². The molecule has 2 aromatic rings. The summed E-state index contributed by atoms with van der Waals surface area (Å²) in [7, 11) is 0. The number of hydrogen-bond acceptors (Lipinski definition) is 4. The van der Waals surface area contributed by atoms with Crippen LogP contribution in [0.3, 0.4) is 0 Å². The van der Waals surface area contributed by atoms with Gasteiger partial charge in [-0.1, -0.05) is 18.2 Å². The average molecular weight is 365 g/mol. The molecule has 2 N–H and O–H groups in total. The summed E-state index contributed by atoms with van der Waals surface area (Å²) in [6.45, 7) is 1.05. The molecule has 26 heavy (non-hydrogen) atoms. The molecule has 5 nitrogen and oxygen atoms in total. The van der Waals surface area contributed by atoms with Crippen LogP contribution in [-0.2, 0) is 17.3 Å². The Morgan fingerprint density at radius 3 is 2.85 bits per heavy atom. The molecule has 1 saturated heterocycles. The molecule has 0 spiro atoms. The van der Waals surface area contributed by atoms with Crippen molar-refractivity contribution in [1.29, 1.82) is 0 Å². The second-order valence-electron chi connectivity index (χ2n) is 6.12. The molecule has 2 heterocycles. The summed E-state index contributed by atoms with van der Waals surface area (Å²) in [6, 6.07) is 8.24. The molecule has 1 aromatic heterocycles. The molecule has 1 unspecified atom stereocenters. The second kappa shape index (κ2) is 7.33. The number of ether oxygens (including phenoxy) is 1. The van der Waals surface area contributed by atoms with Crippen LogP contribution >= 0.6 is 0 Å². The predicted molar refractivity (Wildman–Crippen MR) is 89.4 cm³/mol. The fraction of sp³-hybridized carbons (Fsp3) is 0.333. The first kappa shape index (κ1) is 18.2. The molecule has 138 valence electrons. The number of nitrogens with zero attached hydrogens (tertiary/aromatic N) is 2. The van der Waals surface area contributed by atoms with Gasteiger partial charge >= 0.3 is 6.18 Å². The van der Waals surface area contributed by atoms with Gasteiger partial charge in [0, 0.05) is 31.3 Å². The first-order valence-corrected chi connectivity index (χ1v) is 8.11. The normalized spacial score (nSPS) is 18.0. The Balaban J connectivity index is 1.68. The third-order valence-corrected chi connectivity index (χ3v) is 4.17. The van der Waals surface area contributed by atoms with E-state index in [1.165, 1.54) is 18.3 Å². The number of nitrogens with two attached hydrogens (primary N) is 1. The number of hydrogen-bond donors (Lipinski definition) is 1. The monoisotopic (exact) mass is 365 g/mol. The summed E-state index contributed by atoms with van der Waals surface area (Å²) in [5, 5.41) is 0. The highest BCUT2D eigenvalue weighted by Gasteiger charge is 2.31. The molecular weight excluding hydrogens is 347 g/mol. The summed E-state index contributed by atoms with van der Waals surface area (Å²) < 4.78 is 44.1. The van der Waals surface area contributed by atoms with Crippen molar-refractivity contribution in [3.05, 3.63) is 59.3 Å². The van der Waals surface area contributed by atoms with Crippen LogP contribution in [0.2, 0.25) is 0 Å². The summed E-state index contributed by atoms with van der Waals surface area (Å²) in [4.78, 5) is 18.1. The van der Waals surface area contributed by atoms with E-state index in [-0.39, 0.29) is 17.8 Å².